The molecule has 1 aliphatic heterocycles. The van der Waals surface area contributed by atoms with Crippen LogP contribution in [-0.4, -0.2) is 71.9 Å². The number of carbonyl (C=O) groups is 1. The van der Waals surface area contributed by atoms with Crippen molar-refractivity contribution < 1.29 is 30.8 Å². The summed E-state index contributed by atoms with van der Waals surface area (Å²) in [5.41, 5.74) is 0.426. The van der Waals surface area contributed by atoms with Gasteiger partial charge in [-0.2, -0.15) is 0 Å². The molecular weight excluding hydrogens is 483 g/mol. The molecule has 186 valence electrons. The fourth-order valence-corrected chi connectivity index (χ4v) is 5.23. The lowest BCUT2D eigenvalue weighted by molar-refractivity contribution is 0.0740. The number of rotatable bonds is 7. The highest BCUT2D eigenvalue weighted by Gasteiger charge is 2.27. The van der Waals surface area contributed by atoms with Crippen LogP contribution in [0.25, 0.3) is 0 Å². The molecule has 1 amide bonds. The average Bonchev–Trinajstić information content (AvgIpc) is 2.78. The third-order valence-electron chi connectivity index (χ3n) is 5.54. The summed E-state index contributed by atoms with van der Waals surface area (Å²) in [5.74, 6) is -0.822. The normalized spacial score (nSPS) is 15.0. The lowest BCUT2D eigenvalue weighted by atomic mass is 10.1. The van der Waals surface area contributed by atoms with Crippen LogP contribution in [-0.2, 0) is 19.7 Å². The maximum absolute atomic E-state index is 14.7. The smallest absolute Gasteiger partial charge is 0.257 e. The van der Waals surface area contributed by atoms with Gasteiger partial charge in [-0.25, -0.2) is 21.2 Å². The Hall–Kier alpha value is -2.66. The van der Waals surface area contributed by atoms with Crippen molar-refractivity contribution >= 4 is 31.3 Å². The first-order valence-electron chi connectivity index (χ1n) is 10.9. The first-order chi connectivity index (χ1) is 15.8. The van der Waals surface area contributed by atoms with Crippen molar-refractivity contribution in [1.82, 2.24) is 4.90 Å². The van der Waals surface area contributed by atoms with Crippen LogP contribution in [0.15, 0.2) is 46.2 Å². The Balaban J connectivity index is 1.80. The van der Waals surface area contributed by atoms with Crippen molar-refractivity contribution in [2.45, 2.75) is 36.7 Å². The van der Waals surface area contributed by atoms with Crippen LogP contribution >= 0.6 is 0 Å². The summed E-state index contributed by atoms with van der Waals surface area (Å²) >= 11 is 0. The van der Waals surface area contributed by atoms with E-state index in [1.807, 2.05) is 13.8 Å². The van der Waals surface area contributed by atoms with E-state index in [2.05, 4.69) is 0 Å². The van der Waals surface area contributed by atoms with Gasteiger partial charge in [0.25, 0.3) is 5.91 Å². The summed E-state index contributed by atoms with van der Waals surface area (Å²) in [4.78, 5) is 16.6. The van der Waals surface area contributed by atoms with Crippen LogP contribution in [0, 0.1) is 5.82 Å². The van der Waals surface area contributed by atoms with E-state index in [9.17, 15) is 26.0 Å². The fourth-order valence-electron chi connectivity index (χ4n) is 3.69. The number of amides is 1. The molecule has 34 heavy (non-hydrogen) atoms. The molecule has 0 spiro atoms. The molecule has 11 heteroatoms. The average molecular weight is 513 g/mol. The molecule has 0 radical (unpaired) electrons. The van der Waals surface area contributed by atoms with Crippen LogP contribution in [0.2, 0.25) is 0 Å². The van der Waals surface area contributed by atoms with Gasteiger partial charge in [-0.3, -0.25) is 4.79 Å². The minimum absolute atomic E-state index is 0.0229. The van der Waals surface area contributed by atoms with E-state index in [1.165, 1.54) is 37.3 Å². The quantitative estimate of drug-likeness (QED) is 0.562. The molecule has 0 N–H and O–H groups in total. The summed E-state index contributed by atoms with van der Waals surface area (Å²) < 4.78 is 68.4. The number of sulfone groups is 2. The Morgan fingerprint density at radius 2 is 1.62 bits per heavy atom. The Morgan fingerprint density at radius 1 is 1.00 bits per heavy atom. The van der Waals surface area contributed by atoms with Gasteiger partial charge in [-0.1, -0.05) is 6.92 Å². The second kappa shape index (κ2) is 9.91. The number of benzene rings is 2. The van der Waals surface area contributed by atoms with E-state index < -0.39 is 25.5 Å². The lowest BCUT2D eigenvalue weighted by Crippen LogP contribution is -2.49. The molecule has 1 saturated heterocycles. The van der Waals surface area contributed by atoms with Crippen molar-refractivity contribution in [1.29, 1.82) is 0 Å². The number of hydrogen-bond acceptors (Lipinski definition) is 7. The Bertz CT molecular complexity index is 1280. The van der Waals surface area contributed by atoms with Gasteiger partial charge < -0.3 is 14.5 Å². The van der Waals surface area contributed by atoms with Crippen molar-refractivity contribution in [3.05, 3.63) is 47.8 Å². The zero-order chi connectivity index (χ0) is 25.3. The number of hydrogen-bond donors (Lipinski definition) is 0. The molecule has 2 aromatic carbocycles. The van der Waals surface area contributed by atoms with Gasteiger partial charge in [0, 0.05) is 32.4 Å². The number of nitrogens with zero attached hydrogens (tertiary/aromatic N) is 2. The Kier molecular flexibility index (Phi) is 7.56. The molecule has 0 unspecified atom stereocenters. The van der Waals surface area contributed by atoms with Crippen molar-refractivity contribution in [3.8, 4) is 5.75 Å². The van der Waals surface area contributed by atoms with Crippen LogP contribution in [0.1, 0.15) is 31.1 Å². The number of anilines is 1. The topological polar surface area (TPSA) is 101 Å². The van der Waals surface area contributed by atoms with Crippen LogP contribution in [0.3, 0.4) is 0 Å². The molecule has 8 nitrogen and oxygen atoms in total. The lowest BCUT2D eigenvalue weighted by Gasteiger charge is -2.36. The third-order valence-corrected chi connectivity index (χ3v) is 8.38. The number of ether oxygens (including phenoxy) is 1. The molecule has 1 fully saturated rings. The SMILES string of the molecule is CCS(=O)(=O)c1ccc(N2CCN(C(=O)c3cc(S(C)(=O)=O)ccc3OC(C)C)CC2)c(F)c1. The molecule has 3 rings (SSSR count). The monoisotopic (exact) mass is 512 g/mol. The molecule has 0 saturated carbocycles. The van der Waals surface area contributed by atoms with Crippen LogP contribution in [0.5, 0.6) is 5.75 Å². The van der Waals surface area contributed by atoms with Crippen molar-refractivity contribution in [3.63, 3.8) is 0 Å². The minimum atomic E-state index is -3.52. The van der Waals surface area contributed by atoms with E-state index in [0.717, 1.165) is 12.3 Å². The second-order valence-corrected chi connectivity index (χ2v) is 12.7. The summed E-state index contributed by atoms with van der Waals surface area (Å²) in [5, 5.41) is 0. The van der Waals surface area contributed by atoms with E-state index in [-0.39, 0.29) is 51.9 Å². The maximum atomic E-state index is 14.7. The first kappa shape index (κ1) is 26.0. The summed E-state index contributed by atoms with van der Waals surface area (Å²) in [7, 11) is -7.03. The van der Waals surface area contributed by atoms with Crippen LogP contribution in [0.4, 0.5) is 10.1 Å². The first-order valence-corrected chi connectivity index (χ1v) is 14.4. The molecule has 0 aromatic heterocycles. The fraction of sp³-hybridized carbons (Fsp3) is 0.435. The van der Waals surface area contributed by atoms with E-state index in [4.69, 9.17) is 4.74 Å². The van der Waals surface area contributed by atoms with Gasteiger partial charge in [0.1, 0.15) is 11.6 Å². The van der Waals surface area contributed by atoms with E-state index in [1.54, 1.807) is 9.80 Å². The highest BCUT2D eigenvalue weighted by Crippen LogP contribution is 2.28. The van der Waals surface area contributed by atoms with Crippen molar-refractivity contribution in [2.75, 3.05) is 43.1 Å². The largest absolute Gasteiger partial charge is 0.490 e. The van der Waals surface area contributed by atoms with Crippen LogP contribution < -0.4 is 9.64 Å². The van der Waals surface area contributed by atoms with Gasteiger partial charge >= 0.3 is 0 Å². The molecule has 2 aromatic rings. The minimum Gasteiger partial charge on any atom is -0.490 e. The Labute approximate surface area is 200 Å². The predicted octanol–water partition coefficient (Wildman–Crippen LogP) is 2.77. The van der Waals surface area contributed by atoms with Crippen molar-refractivity contribution in [2.24, 2.45) is 0 Å². The third kappa shape index (κ3) is 5.69. The summed E-state index contributed by atoms with van der Waals surface area (Å²) in [6.07, 6.45) is 0.860. The summed E-state index contributed by atoms with van der Waals surface area (Å²) in [6.45, 7) is 6.32. The predicted molar refractivity (Wildman–Crippen MR) is 128 cm³/mol. The van der Waals surface area contributed by atoms with Gasteiger partial charge in [0.05, 0.1) is 32.9 Å². The molecule has 0 bridgehead atoms. The second-order valence-electron chi connectivity index (χ2n) is 8.39. The number of piperazine rings is 1. The molecule has 1 heterocycles. The van der Waals surface area contributed by atoms with Gasteiger partial charge in [0.15, 0.2) is 19.7 Å². The van der Waals surface area contributed by atoms with E-state index >= 15 is 0 Å². The molecule has 0 atom stereocenters. The Morgan fingerprint density at radius 3 is 2.15 bits per heavy atom. The van der Waals surface area contributed by atoms with Gasteiger partial charge in [-0.05, 0) is 50.2 Å². The van der Waals surface area contributed by atoms with Gasteiger partial charge in [-0.15, -0.1) is 0 Å². The standard InChI is InChI=1S/C23H29FN2O6S2/c1-5-34(30,31)18-6-8-21(20(24)15-18)25-10-12-26(13-11-25)23(27)19-14-17(33(4,28)29)7-9-22(19)32-16(2)3/h6-9,14-16H,5,10-13H2,1-4H3. The zero-order valence-corrected chi connectivity index (χ0v) is 21.2. The van der Waals surface area contributed by atoms with Gasteiger partial charge in [0.2, 0.25) is 0 Å². The number of carbonyl (C=O) groups excluding carboxylic acids is 1. The molecular formula is C23H29FN2O6S2. The highest BCUT2D eigenvalue weighted by atomic mass is 32.2. The summed E-state index contributed by atoms with van der Waals surface area (Å²) in [6, 6.07) is 8.08. The maximum Gasteiger partial charge on any atom is 0.257 e. The number of halogens is 1. The highest BCUT2D eigenvalue weighted by molar-refractivity contribution is 7.91. The van der Waals surface area contributed by atoms with E-state index in [0.29, 0.717) is 18.8 Å². The molecule has 0 aliphatic carbocycles. The zero-order valence-electron chi connectivity index (χ0n) is 19.6. The molecule has 1 aliphatic rings.